The van der Waals surface area contributed by atoms with Crippen LogP contribution in [0, 0.1) is 17.5 Å². The molecular formula is C19H18F3N3S. The number of nitrogens with two attached hydrogens (primary N) is 1. The molecule has 0 bridgehead atoms. The lowest BCUT2D eigenvalue weighted by atomic mass is 10.1. The summed E-state index contributed by atoms with van der Waals surface area (Å²) < 4.78 is 36.5. The Morgan fingerprint density at radius 3 is 2.12 bits per heavy atom. The SMILES string of the molecule is Nc1c(F)cc(F)cc1F.c1nc(-c2ccc(N3CCCC3)cc2)cs1. The fourth-order valence-corrected chi connectivity index (χ4v) is 3.29. The van der Waals surface area contributed by atoms with Gasteiger partial charge < -0.3 is 10.6 Å². The molecule has 1 aliphatic rings. The summed E-state index contributed by atoms with van der Waals surface area (Å²) in [6, 6.07) is 9.81. The molecule has 1 aliphatic heterocycles. The maximum absolute atomic E-state index is 12.2. The van der Waals surface area contributed by atoms with Gasteiger partial charge in [-0.15, -0.1) is 11.3 Å². The fourth-order valence-electron chi connectivity index (χ4n) is 2.73. The molecule has 7 heteroatoms. The van der Waals surface area contributed by atoms with E-state index < -0.39 is 23.1 Å². The second-order valence-corrected chi connectivity index (χ2v) is 6.62. The van der Waals surface area contributed by atoms with Crippen molar-refractivity contribution in [2.45, 2.75) is 12.8 Å². The Morgan fingerprint density at radius 1 is 0.962 bits per heavy atom. The minimum absolute atomic E-state index is 0.526. The van der Waals surface area contributed by atoms with Crippen molar-refractivity contribution in [3.63, 3.8) is 0 Å². The van der Waals surface area contributed by atoms with Gasteiger partial charge in [-0.2, -0.15) is 0 Å². The first-order valence-corrected chi connectivity index (χ1v) is 9.12. The van der Waals surface area contributed by atoms with Crippen LogP contribution in [0.25, 0.3) is 11.3 Å². The predicted molar refractivity (Wildman–Crippen MR) is 99.7 cm³/mol. The standard InChI is InChI=1S/C13H14N2S.C6H4F3N/c1-2-8-15(7-1)12-5-3-11(4-6-12)13-9-16-10-14-13;7-3-1-4(8)6(10)5(9)2-3/h3-6,9-10H,1-2,7-8H2;1-2H,10H2. The highest BCUT2D eigenvalue weighted by molar-refractivity contribution is 7.07. The molecule has 2 aromatic carbocycles. The smallest absolute Gasteiger partial charge is 0.152 e. The Morgan fingerprint density at radius 2 is 1.58 bits per heavy atom. The normalized spacial score (nSPS) is 13.4. The molecule has 0 saturated carbocycles. The Labute approximate surface area is 153 Å². The molecule has 136 valence electrons. The number of rotatable bonds is 2. The Hall–Kier alpha value is -2.54. The summed E-state index contributed by atoms with van der Waals surface area (Å²) in [5.41, 5.74) is 9.70. The van der Waals surface area contributed by atoms with Gasteiger partial charge >= 0.3 is 0 Å². The molecule has 1 saturated heterocycles. The summed E-state index contributed by atoms with van der Waals surface area (Å²) in [4.78, 5) is 6.77. The maximum Gasteiger partial charge on any atom is 0.152 e. The summed E-state index contributed by atoms with van der Waals surface area (Å²) in [6.07, 6.45) is 2.65. The van der Waals surface area contributed by atoms with Crippen molar-refractivity contribution >= 4 is 22.7 Å². The molecule has 0 spiro atoms. The maximum atomic E-state index is 12.2. The molecule has 3 aromatic rings. The molecule has 0 aliphatic carbocycles. The van der Waals surface area contributed by atoms with Crippen LogP contribution in [0.15, 0.2) is 47.3 Å². The average Bonchev–Trinajstić information content (AvgIpc) is 3.34. The van der Waals surface area contributed by atoms with Crippen molar-refractivity contribution in [1.29, 1.82) is 0 Å². The van der Waals surface area contributed by atoms with Gasteiger partial charge in [0.15, 0.2) is 11.6 Å². The van der Waals surface area contributed by atoms with Crippen molar-refractivity contribution in [2.75, 3.05) is 23.7 Å². The van der Waals surface area contributed by atoms with Crippen LogP contribution in [0.2, 0.25) is 0 Å². The van der Waals surface area contributed by atoms with Crippen molar-refractivity contribution in [2.24, 2.45) is 0 Å². The minimum Gasteiger partial charge on any atom is -0.394 e. The number of anilines is 2. The minimum atomic E-state index is -1.07. The number of nitrogens with zero attached hydrogens (tertiary/aromatic N) is 2. The third-order valence-corrected chi connectivity index (χ3v) is 4.70. The van der Waals surface area contributed by atoms with Gasteiger partial charge in [0, 0.05) is 41.9 Å². The molecule has 2 N–H and O–H groups in total. The van der Waals surface area contributed by atoms with E-state index in [1.807, 2.05) is 5.51 Å². The third-order valence-electron chi connectivity index (χ3n) is 4.11. The Balaban J connectivity index is 0.000000170. The average molecular weight is 377 g/mol. The first-order valence-electron chi connectivity index (χ1n) is 8.18. The lowest BCUT2D eigenvalue weighted by Crippen LogP contribution is -2.17. The molecule has 0 atom stereocenters. The molecule has 3 nitrogen and oxygen atoms in total. The Bertz CT molecular complexity index is 822. The summed E-state index contributed by atoms with van der Waals surface area (Å²) in [7, 11) is 0. The number of halogens is 3. The van der Waals surface area contributed by atoms with Gasteiger partial charge in [0.25, 0.3) is 0 Å². The van der Waals surface area contributed by atoms with Crippen LogP contribution < -0.4 is 10.6 Å². The van der Waals surface area contributed by atoms with Gasteiger partial charge in [0.2, 0.25) is 0 Å². The van der Waals surface area contributed by atoms with Crippen molar-refractivity contribution in [1.82, 2.24) is 4.98 Å². The Kier molecular flexibility index (Phi) is 5.78. The summed E-state index contributed by atoms with van der Waals surface area (Å²) in [5.74, 6) is -3.11. The molecule has 1 aromatic heterocycles. The van der Waals surface area contributed by atoms with E-state index in [-0.39, 0.29) is 0 Å². The van der Waals surface area contributed by atoms with E-state index in [1.54, 1.807) is 11.3 Å². The fraction of sp³-hybridized carbons (Fsp3) is 0.211. The lowest BCUT2D eigenvalue weighted by Gasteiger charge is -2.17. The summed E-state index contributed by atoms with van der Waals surface area (Å²) >= 11 is 1.64. The highest BCUT2D eigenvalue weighted by atomic mass is 32.1. The van der Waals surface area contributed by atoms with Crippen LogP contribution in [0.1, 0.15) is 12.8 Å². The zero-order chi connectivity index (χ0) is 18.5. The second kappa shape index (κ2) is 8.23. The zero-order valence-corrected chi connectivity index (χ0v) is 14.8. The van der Waals surface area contributed by atoms with Gasteiger partial charge in [0.05, 0.1) is 11.2 Å². The van der Waals surface area contributed by atoms with Gasteiger partial charge in [-0.3, -0.25) is 0 Å². The topological polar surface area (TPSA) is 42.1 Å². The van der Waals surface area contributed by atoms with E-state index in [2.05, 4.69) is 39.5 Å². The number of aromatic nitrogens is 1. The van der Waals surface area contributed by atoms with Gasteiger partial charge in [-0.1, -0.05) is 12.1 Å². The van der Waals surface area contributed by atoms with E-state index >= 15 is 0 Å². The van der Waals surface area contributed by atoms with E-state index in [9.17, 15) is 13.2 Å². The van der Waals surface area contributed by atoms with Crippen molar-refractivity contribution in [3.05, 3.63) is 64.7 Å². The van der Waals surface area contributed by atoms with E-state index in [1.165, 1.54) is 37.2 Å². The van der Waals surface area contributed by atoms with Crippen molar-refractivity contribution in [3.8, 4) is 11.3 Å². The van der Waals surface area contributed by atoms with Gasteiger partial charge in [-0.25, -0.2) is 18.2 Å². The number of benzene rings is 2. The molecule has 0 radical (unpaired) electrons. The van der Waals surface area contributed by atoms with Crippen LogP contribution in [0.5, 0.6) is 0 Å². The third kappa shape index (κ3) is 4.35. The molecule has 0 unspecified atom stereocenters. The summed E-state index contributed by atoms with van der Waals surface area (Å²) in [5, 5.41) is 2.09. The second-order valence-electron chi connectivity index (χ2n) is 5.90. The molecule has 26 heavy (non-hydrogen) atoms. The number of nitrogen functional groups attached to an aromatic ring is 1. The quantitative estimate of drug-likeness (QED) is 0.632. The lowest BCUT2D eigenvalue weighted by molar-refractivity contribution is 0.549. The highest BCUT2D eigenvalue weighted by Gasteiger charge is 2.12. The van der Waals surface area contributed by atoms with E-state index in [0.717, 1.165) is 5.69 Å². The molecule has 1 fully saturated rings. The number of thiazole rings is 1. The van der Waals surface area contributed by atoms with Crippen LogP contribution in [0.3, 0.4) is 0 Å². The van der Waals surface area contributed by atoms with Crippen LogP contribution in [-0.2, 0) is 0 Å². The van der Waals surface area contributed by atoms with Crippen LogP contribution in [0.4, 0.5) is 24.5 Å². The first kappa shape index (κ1) is 18.3. The number of hydrogen-bond donors (Lipinski definition) is 1. The van der Waals surface area contributed by atoms with Gasteiger partial charge in [-0.05, 0) is 25.0 Å². The summed E-state index contributed by atoms with van der Waals surface area (Å²) in [6.45, 7) is 2.41. The van der Waals surface area contributed by atoms with Crippen LogP contribution >= 0.6 is 11.3 Å². The predicted octanol–water partition coefficient (Wildman–Crippen LogP) is 5.10. The van der Waals surface area contributed by atoms with Gasteiger partial charge in [0.1, 0.15) is 11.5 Å². The van der Waals surface area contributed by atoms with E-state index in [0.29, 0.717) is 12.1 Å². The number of hydrogen-bond acceptors (Lipinski definition) is 4. The molecule has 4 rings (SSSR count). The zero-order valence-electron chi connectivity index (χ0n) is 14.0. The molecular weight excluding hydrogens is 359 g/mol. The van der Waals surface area contributed by atoms with Crippen molar-refractivity contribution < 1.29 is 13.2 Å². The first-order chi connectivity index (χ1) is 12.5. The molecule has 0 amide bonds. The monoisotopic (exact) mass is 377 g/mol. The van der Waals surface area contributed by atoms with E-state index in [4.69, 9.17) is 5.73 Å². The largest absolute Gasteiger partial charge is 0.394 e. The molecule has 2 heterocycles. The highest BCUT2D eigenvalue weighted by Crippen LogP contribution is 2.25. The van der Waals surface area contributed by atoms with Crippen LogP contribution in [-0.4, -0.2) is 18.1 Å².